The first-order chi connectivity index (χ1) is 4.67. The third kappa shape index (κ3) is 1.61. The van der Waals surface area contributed by atoms with Crippen molar-refractivity contribution in [3.8, 4) is 0 Å². The van der Waals surface area contributed by atoms with E-state index in [4.69, 9.17) is 4.43 Å². The van der Waals surface area contributed by atoms with Crippen LogP contribution in [0.2, 0.25) is 18.6 Å². The minimum Gasteiger partial charge on any atom is -0.420 e. The van der Waals surface area contributed by atoms with E-state index < -0.39 is 8.32 Å². The highest BCUT2D eigenvalue weighted by atomic mass is 28.4. The molecule has 0 aliphatic heterocycles. The third-order valence-electron chi connectivity index (χ3n) is 2.86. The van der Waals surface area contributed by atoms with Crippen molar-refractivity contribution >= 4 is 8.32 Å². The van der Waals surface area contributed by atoms with Gasteiger partial charge in [0.2, 0.25) is 0 Å². The summed E-state index contributed by atoms with van der Waals surface area (Å²) in [7, 11) is 0.635. The van der Waals surface area contributed by atoms with Crippen molar-refractivity contribution in [1.29, 1.82) is 0 Å². The first-order valence-electron chi connectivity index (χ1n) is 4.22. The van der Waals surface area contributed by atoms with Gasteiger partial charge in [-0.3, -0.25) is 0 Å². The van der Waals surface area contributed by atoms with E-state index in [9.17, 15) is 0 Å². The maximum Gasteiger partial charge on any atom is 0.189 e. The van der Waals surface area contributed by atoms with Gasteiger partial charge in [-0.05, 0) is 18.6 Å². The Kier molecular flexibility index (Phi) is 2.53. The lowest BCUT2D eigenvalue weighted by Gasteiger charge is -2.26. The number of hydrogen-bond acceptors (Lipinski definition) is 1. The van der Waals surface area contributed by atoms with Gasteiger partial charge in [-0.1, -0.05) is 25.7 Å². The molecule has 0 aromatic heterocycles. The topological polar surface area (TPSA) is 9.23 Å². The van der Waals surface area contributed by atoms with Crippen LogP contribution < -0.4 is 0 Å². The first-order valence-corrected chi connectivity index (χ1v) is 7.20. The summed E-state index contributed by atoms with van der Waals surface area (Å²) in [6.45, 7) is 4.67. The monoisotopic (exact) mass is 158 g/mol. The molecule has 1 aliphatic carbocycles. The fourth-order valence-corrected chi connectivity index (χ4v) is 3.92. The summed E-state index contributed by atoms with van der Waals surface area (Å²) in [6.07, 6.45) is 5.72. The van der Waals surface area contributed by atoms with E-state index in [-0.39, 0.29) is 0 Å². The molecule has 0 bridgehead atoms. The van der Waals surface area contributed by atoms with Gasteiger partial charge in [-0.15, -0.1) is 0 Å². The molecule has 1 aliphatic rings. The molecular weight excluding hydrogens is 140 g/mol. The van der Waals surface area contributed by atoms with Crippen molar-refractivity contribution in [3.05, 3.63) is 0 Å². The SMILES string of the molecule is CO[Si](C)(C)C1CCCC1. The molecule has 0 heterocycles. The van der Waals surface area contributed by atoms with Crippen LogP contribution >= 0.6 is 0 Å². The van der Waals surface area contributed by atoms with Crippen LogP contribution in [0.15, 0.2) is 0 Å². The van der Waals surface area contributed by atoms with E-state index in [1.54, 1.807) is 0 Å². The van der Waals surface area contributed by atoms with Crippen molar-refractivity contribution in [3.63, 3.8) is 0 Å². The van der Waals surface area contributed by atoms with E-state index in [0.717, 1.165) is 5.54 Å². The quantitative estimate of drug-likeness (QED) is 0.561. The highest BCUT2D eigenvalue weighted by molar-refractivity contribution is 6.72. The van der Waals surface area contributed by atoms with Crippen molar-refractivity contribution < 1.29 is 4.43 Å². The lowest BCUT2D eigenvalue weighted by atomic mass is 10.4. The maximum absolute atomic E-state index is 5.56. The van der Waals surface area contributed by atoms with Crippen molar-refractivity contribution in [1.82, 2.24) is 0 Å². The molecule has 1 fully saturated rings. The van der Waals surface area contributed by atoms with E-state index in [1.807, 2.05) is 7.11 Å². The zero-order valence-electron chi connectivity index (χ0n) is 7.31. The molecule has 0 aromatic rings. The Bertz CT molecular complexity index is 106. The summed E-state index contributed by atoms with van der Waals surface area (Å²) in [4.78, 5) is 0. The van der Waals surface area contributed by atoms with Crippen LogP contribution in [0.25, 0.3) is 0 Å². The fraction of sp³-hybridized carbons (Fsp3) is 1.00. The van der Waals surface area contributed by atoms with Crippen LogP contribution in [0.5, 0.6) is 0 Å². The lowest BCUT2D eigenvalue weighted by molar-refractivity contribution is 0.389. The smallest absolute Gasteiger partial charge is 0.189 e. The highest BCUT2D eigenvalue weighted by Gasteiger charge is 2.34. The van der Waals surface area contributed by atoms with Gasteiger partial charge in [0.1, 0.15) is 0 Å². The Balaban J connectivity index is 2.45. The van der Waals surface area contributed by atoms with Crippen molar-refractivity contribution in [2.75, 3.05) is 7.11 Å². The summed E-state index contributed by atoms with van der Waals surface area (Å²) in [5.74, 6) is 0. The normalized spacial score (nSPS) is 21.9. The predicted octanol–water partition coefficient (Wildman–Crippen LogP) is 2.78. The minimum atomic E-state index is -1.24. The molecule has 0 amide bonds. The number of rotatable bonds is 2. The Morgan fingerprint density at radius 3 is 2.10 bits per heavy atom. The molecule has 0 spiro atoms. The van der Waals surface area contributed by atoms with Gasteiger partial charge in [0.05, 0.1) is 0 Å². The first kappa shape index (κ1) is 8.28. The molecule has 60 valence electrons. The van der Waals surface area contributed by atoms with E-state index in [0.29, 0.717) is 0 Å². The summed E-state index contributed by atoms with van der Waals surface area (Å²) in [5.41, 5.74) is 0.942. The molecule has 0 aromatic carbocycles. The van der Waals surface area contributed by atoms with Crippen LogP contribution in [0.4, 0.5) is 0 Å². The van der Waals surface area contributed by atoms with E-state index in [2.05, 4.69) is 13.1 Å². The van der Waals surface area contributed by atoms with Crippen LogP contribution in [0.3, 0.4) is 0 Å². The number of hydrogen-bond donors (Lipinski definition) is 0. The van der Waals surface area contributed by atoms with Crippen LogP contribution in [-0.2, 0) is 4.43 Å². The Hall–Kier alpha value is 0.177. The Morgan fingerprint density at radius 1 is 1.20 bits per heavy atom. The second-order valence-corrected chi connectivity index (χ2v) is 8.22. The van der Waals surface area contributed by atoms with E-state index in [1.165, 1.54) is 25.7 Å². The Morgan fingerprint density at radius 2 is 1.70 bits per heavy atom. The maximum atomic E-state index is 5.56. The van der Waals surface area contributed by atoms with E-state index >= 15 is 0 Å². The molecule has 0 atom stereocenters. The molecule has 1 saturated carbocycles. The molecule has 1 rings (SSSR count). The summed E-state index contributed by atoms with van der Waals surface area (Å²) >= 11 is 0. The Labute approximate surface area is 64.9 Å². The van der Waals surface area contributed by atoms with Gasteiger partial charge in [0, 0.05) is 7.11 Å². The highest BCUT2D eigenvalue weighted by Crippen LogP contribution is 2.38. The fourth-order valence-electron chi connectivity index (χ4n) is 1.79. The lowest BCUT2D eigenvalue weighted by Crippen LogP contribution is -2.33. The van der Waals surface area contributed by atoms with Gasteiger partial charge in [-0.25, -0.2) is 0 Å². The van der Waals surface area contributed by atoms with Gasteiger partial charge in [-0.2, -0.15) is 0 Å². The molecule has 0 radical (unpaired) electrons. The largest absolute Gasteiger partial charge is 0.420 e. The molecular formula is C8H18OSi. The molecule has 0 N–H and O–H groups in total. The third-order valence-corrected chi connectivity index (χ3v) is 6.46. The standard InChI is InChI=1S/C8H18OSi/c1-9-10(2,3)8-6-4-5-7-8/h8H,4-7H2,1-3H3. The predicted molar refractivity (Wildman–Crippen MR) is 46.7 cm³/mol. The van der Waals surface area contributed by atoms with Gasteiger partial charge >= 0.3 is 0 Å². The van der Waals surface area contributed by atoms with Gasteiger partial charge in [0.15, 0.2) is 8.32 Å². The van der Waals surface area contributed by atoms with Crippen molar-refractivity contribution in [2.45, 2.75) is 44.3 Å². The summed E-state index contributed by atoms with van der Waals surface area (Å²) in [5, 5.41) is 0. The molecule has 0 unspecified atom stereocenters. The van der Waals surface area contributed by atoms with Crippen LogP contribution in [0.1, 0.15) is 25.7 Å². The van der Waals surface area contributed by atoms with Crippen LogP contribution in [-0.4, -0.2) is 15.4 Å². The average Bonchev–Trinajstić information content (AvgIpc) is 2.38. The molecule has 1 nitrogen and oxygen atoms in total. The van der Waals surface area contributed by atoms with Crippen LogP contribution in [0, 0.1) is 0 Å². The van der Waals surface area contributed by atoms with Gasteiger partial charge in [0.25, 0.3) is 0 Å². The zero-order valence-corrected chi connectivity index (χ0v) is 8.31. The summed E-state index contributed by atoms with van der Waals surface area (Å²) in [6, 6.07) is 0. The molecule has 10 heavy (non-hydrogen) atoms. The molecule has 2 heteroatoms. The second-order valence-electron chi connectivity index (χ2n) is 3.79. The average molecular weight is 158 g/mol. The second kappa shape index (κ2) is 3.05. The zero-order chi connectivity index (χ0) is 7.61. The van der Waals surface area contributed by atoms with Crippen molar-refractivity contribution in [2.24, 2.45) is 0 Å². The minimum absolute atomic E-state index is 0.942. The summed E-state index contributed by atoms with van der Waals surface area (Å²) < 4.78 is 5.56. The molecule has 0 saturated heterocycles. The van der Waals surface area contributed by atoms with Gasteiger partial charge < -0.3 is 4.43 Å².